The number of halogens is 2. The van der Waals surface area contributed by atoms with Crippen LogP contribution in [-0.4, -0.2) is 30.5 Å². The number of H-pyrrole nitrogens is 1. The smallest absolute Gasteiger partial charge is 0.253 e. The van der Waals surface area contributed by atoms with E-state index in [2.05, 4.69) is 41.4 Å². The molecule has 0 saturated heterocycles. The van der Waals surface area contributed by atoms with Crippen LogP contribution in [0.25, 0.3) is 10.9 Å². The van der Waals surface area contributed by atoms with Gasteiger partial charge in [-0.3, -0.25) is 4.79 Å². The first-order chi connectivity index (χ1) is 9.15. The van der Waals surface area contributed by atoms with Crippen molar-refractivity contribution in [1.29, 1.82) is 0 Å². The molecule has 0 atom stereocenters. The van der Waals surface area contributed by atoms with E-state index in [-0.39, 0.29) is 30.4 Å². The molecule has 6 heteroatoms. The topological polar surface area (TPSA) is 48.1 Å². The fourth-order valence-corrected chi connectivity index (χ4v) is 2.76. The Morgan fingerprint density at radius 1 is 1.24 bits per heavy atom. The highest BCUT2D eigenvalue weighted by Gasteiger charge is 2.16. The van der Waals surface area contributed by atoms with Crippen molar-refractivity contribution in [2.24, 2.45) is 0 Å². The number of rotatable bonds is 2. The third-order valence-corrected chi connectivity index (χ3v) is 3.58. The molecule has 0 fully saturated rings. The van der Waals surface area contributed by atoms with E-state index in [1.165, 1.54) is 5.56 Å². The van der Waals surface area contributed by atoms with Crippen LogP contribution >= 0.6 is 24.8 Å². The van der Waals surface area contributed by atoms with Crippen LogP contribution in [0.1, 0.15) is 17.5 Å². The lowest BCUT2D eigenvalue weighted by Gasteiger charge is -2.20. The van der Waals surface area contributed by atoms with Gasteiger partial charge in [-0.1, -0.05) is 6.07 Å². The van der Waals surface area contributed by atoms with E-state index in [1.807, 2.05) is 6.07 Å². The molecule has 4 nitrogen and oxygen atoms in total. The van der Waals surface area contributed by atoms with E-state index >= 15 is 0 Å². The molecule has 0 bridgehead atoms. The zero-order chi connectivity index (χ0) is 13.4. The highest BCUT2D eigenvalue weighted by atomic mass is 35.5. The number of nitrogens with zero attached hydrogens (tertiary/aromatic N) is 1. The van der Waals surface area contributed by atoms with Crippen LogP contribution in [-0.2, 0) is 13.0 Å². The number of benzene rings is 1. The first-order valence-electron chi connectivity index (χ1n) is 6.71. The molecule has 2 aromatic rings. The molecule has 1 aliphatic rings. The summed E-state index contributed by atoms with van der Waals surface area (Å²) >= 11 is 0. The van der Waals surface area contributed by atoms with E-state index in [0.717, 1.165) is 48.1 Å². The van der Waals surface area contributed by atoms with Crippen molar-refractivity contribution in [3.05, 3.63) is 39.7 Å². The molecule has 0 saturated carbocycles. The van der Waals surface area contributed by atoms with Crippen LogP contribution < -0.4 is 10.9 Å². The fraction of sp³-hybridized carbons (Fsp3) is 0.400. The average Bonchev–Trinajstić information content (AvgIpc) is 2.39. The first kappa shape index (κ1) is 17.8. The second kappa shape index (κ2) is 7.16. The van der Waals surface area contributed by atoms with Gasteiger partial charge in [0.15, 0.2) is 0 Å². The summed E-state index contributed by atoms with van der Waals surface area (Å²) < 4.78 is 0. The number of aromatic amines is 1. The Bertz CT molecular complexity index is 682. The van der Waals surface area contributed by atoms with Crippen molar-refractivity contribution < 1.29 is 0 Å². The lowest BCUT2D eigenvalue weighted by atomic mass is 10.0. The molecule has 0 spiro atoms. The van der Waals surface area contributed by atoms with Crippen LogP contribution in [0.3, 0.4) is 0 Å². The Morgan fingerprint density at radius 3 is 2.71 bits per heavy atom. The molecule has 2 heterocycles. The van der Waals surface area contributed by atoms with E-state index in [4.69, 9.17) is 0 Å². The average molecular weight is 330 g/mol. The SMILES string of the molecule is CN(C)Cc1ccc2[nH]c(=O)c3c(c2c1)NCCC3.Cl.Cl. The number of hydrogen-bond donors (Lipinski definition) is 2. The van der Waals surface area contributed by atoms with Gasteiger partial charge < -0.3 is 15.2 Å². The normalized spacial score (nSPS) is 13.1. The molecule has 1 aliphatic heterocycles. The monoisotopic (exact) mass is 329 g/mol. The van der Waals surface area contributed by atoms with Crippen molar-refractivity contribution in [3.8, 4) is 0 Å². The molecular weight excluding hydrogens is 309 g/mol. The van der Waals surface area contributed by atoms with Gasteiger partial charge in [0, 0.05) is 24.0 Å². The maximum atomic E-state index is 12.0. The van der Waals surface area contributed by atoms with Crippen LogP contribution in [0.15, 0.2) is 23.0 Å². The highest BCUT2D eigenvalue weighted by molar-refractivity contribution is 5.93. The molecule has 3 rings (SSSR count). The Balaban J connectivity index is 0.00000110. The fourth-order valence-electron chi connectivity index (χ4n) is 2.76. The maximum absolute atomic E-state index is 12.0. The summed E-state index contributed by atoms with van der Waals surface area (Å²) in [6, 6.07) is 6.27. The van der Waals surface area contributed by atoms with Gasteiger partial charge in [0.25, 0.3) is 5.56 Å². The van der Waals surface area contributed by atoms with E-state index in [1.54, 1.807) is 0 Å². The number of aromatic nitrogens is 1. The van der Waals surface area contributed by atoms with Gasteiger partial charge in [-0.05, 0) is 44.6 Å². The predicted octanol–water partition coefficient (Wildman–Crippen LogP) is 2.79. The predicted molar refractivity (Wildman–Crippen MR) is 93.3 cm³/mol. The molecule has 1 aromatic carbocycles. The summed E-state index contributed by atoms with van der Waals surface area (Å²) in [7, 11) is 4.12. The minimum Gasteiger partial charge on any atom is -0.384 e. The molecule has 0 amide bonds. The number of anilines is 1. The second-order valence-corrected chi connectivity index (χ2v) is 5.46. The zero-order valence-corrected chi connectivity index (χ0v) is 13.9. The molecule has 0 unspecified atom stereocenters. The van der Waals surface area contributed by atoms with E-state index in [9.17, 15) is 4.79 Å². The summed E-state index contributed by atoms with van der Waals surface area (Å²) in [5.41, 5.74) is 4.17. The number of pyridine rings is 1. The van der Waals surface area contributed by atoms with Gasteiger partial charge in [-0.2, -0.15) is 0 Å². The minimum absolute atomic E-state index is 0. The minimum atomic E-state index is 0. The highest BCUT2D eigenvalue weighted by Crippen LogP contribution is 2.28. The van der Waals surface area contributed by atoms with Crippen LogP contribution in [0.2, 0.25) is 0 Å². The molecule has 116 valence electrons. The third-order valence-electron chi connectivity index (χ3n) is 3.58. The summed E-state index contributed by atoms with van der Waals surface area (Å²) in [5.74, 6) is 0. The van der Waals surface area contributed by atoms with Crippen LogP contribution in [0, 0.1) is 0 Å². The van der Waals surface area contributed by atoms with Gasteiger partial charge >= 0.3 is 0 Å². The number of nitrogens with one attached hydrogen (secondary N) is 2. The second-order valence-electron chi connectivity index (χ2n) is 5.46. The van der Waals surface area contributed by atoms with E-state index < -0.39 is 0 Å². The van der Waals surface area contributed by atoms with E-state index in [0.29, 0.717) is 0 Å². The molecule has 2 N–H and O–H groups in total. The lowest BCUT2D eigenvalue weighted by molar-refractivity contribution is 0.403. The number of hydrogen-bond acceptors (Lipinski definition) is 3. The van der Waals surface area contributed by atoms with Crippen molar-refractivity contribution in [1.82, 2.24) is 9.88 Å². The number of fused-ring (bicyclic) bond motifs is 3. The summed E-state index contributed by atoms with van der Waals surface area (Å²) in [5, 5.41) is 4.53. The van der Waals surface area contributed by atoms with Crippen molar-refractivity contribution in [2.75, 3.05) is 26.0 Å². The Hall–Kier alpha value is -1.23. The van der Waals surface area contributed by atoms with Crippen molar-refractivity contribution >= 4 is 41.4 Å². The largest absolute Gasteiger partial charge is 0.384 e. The summed E-state index contributed by atoms with van der Waals surface area (Å²) in [6.07, 6.45) is 1.89. The summed E-state index contributed by atoms with van der Waals surface area (Å²) in [6.45, 7) is 1.85. The van der Waals surface area contributed by atoms with Crippen molar-refractivity contribution in [3.63, 3.8) is 0 Å². The van der Waals surface area contributed by atoms with Gasteiger partial charge in [-0.15, -0.1) is 24.8 Å². The molecule has 0 radical (unpaired) electrons. The lowest BCUT2D eigenvalue weighted by Crippen LogP contribution is -2.22. The first-order valence-corrected chi connectivity index (χ1v) is 6.71. The van der Waals surface area contributed by atoms with Gasteiger partial charge in [-0.25, -0.2) is 0 Å². The van der Waals surface area contributed by atoms with Gasteiger partial charge in [0.1, 0.15) is 0 Å². The van der Waals surface area contributed by atoms with Gasteiger partial charge in [0.05, 0.1) is 11.2 Å². The van der Waals surface area contributed by atoms with Crippen LogP contribution in [0.5, 0.6) is 0 Å². The Kier molecular flexibility index (Phi) is 6.08. The molecular formula is C15H21Cl2N3O. The quantitative estimate of drug-likeness (QED) is 0.890. The third kappa shape index (κ3) is 3.51. The zero-order valence-electron chi connectivity index (χ0n) is 12.2. The standard InChI is InChI=1S/C15H19N3O.2ClH/c1-18(2)9-10-5-6-13-12(8-10)14-11(15(19)17-13)4-3-7-16-14;;/h5-6,8,16H,3-4,7,9H2,1-2H3,(H,17,19);2*1H. The molecule has 21 heavy (non-hydrogen) atoms. The van der Waals surface area contributed by atoms with Crippen LogP contribution in [0.4, 0.5) is 5.69 Å². The van der Waals surface area contributed by atoms with Crippen molar-refractivity contribution in [2.45, 2.75) is 19.4 Å². The van der Waals surface area contributed by atoms with Gasteiger partial charge in [0.2, 0.25) is 0 Å². The summed E-state index contributed by atoms with van der Waals surface area (Å²) in [4.78, 5) is 17.2. The maximum Gasteiger partial charge on any atom is 0.253 e. The Morgan fingerprint density at radius 2 is 2.00 bits per heavy atom. The molecule has 1 aromatic heterocycles. The Labute approximate surface area is 136 Å². The molecule has 0 aliphatic carbocycles.